The Kier molecular flexibility index (Phi) is 6.04. The molecular weight excluding hydrogens is 404 g/mol. The molecular formula is C26H28N2O4. The Balaban J connectivity index is 1.62. The van der Waals surface area contributed by atoms with Crippen LogP contribution in [-0.2, 0) is 0 Å². The first-order valence-electron chi connectivity index (χ1n) is 10.8. The zero-order valence-electron chi connectivity index (χ0n) is 18.7. The average molecular weight is 433 g/mol. The molecule has 1 amide bonds. The third kappa shape index (κ3) is 4.13. The molecule has 0 bridgehead atoms. The number of methoxy groups -OCH3 is 1. The second-order valence-electron chi connectivity index (χ2n) is 8.35. The molecule has 0 radical (unpaired) electrons. The van der Waals surface area contributed by atoms with Crippen molar-refractivity contribution in [2.45, 2.75) is 32.6 Å². The molecule has 32 heavy (non-hydrogen) atoms. The normalized spacial score (nSPS) is 16.1. The number of aromatic nitrogens is 1. The van der Waals surface area contributed by atoms with Crippen molar-refractivity contribution in [3.8, 4) is 11.4 Å². The van der Waals surface area contributed by atoms with Gasteiger partial charge in [0, 0.05) is 36.0 Å². The lowest BCUT2D eigenvalue weighted by atomic mass is 9.90. The van der Waals surface area contributed by atoms with E-state index < -0.39 is 5.97 Å². The van der Waals surface area contributed by atoms with Gasteiger partial charge in [-0.1, -0.05) is 12.1 Å². The number of amides is 1. The zero-order chi connectivity index (χ0) is 22.8. The fourth-order valence-corrected chi connectivity index (χ4v) is 4.57. The van der Waals surface area contributed by atoms with Crippen LogP contribution in [0.5, 0.6) is 5.75 Å². The van der Waals surface area contributed by atoms with Gasteiger partial charge in [-0.3, -0.25) is 4.79 Å². The highest BCUT2D eigenvalue weighted by atomic mass is 16.5. The molecule has 2 heterocycles. The van der Waals surface area contributed by atoms with Crippen molar-refractivity contribution in [1.29, 1.82) is 0 Å². The monoisotopic (exact) mass is 432 g/mol. The first-order valence-corrected chi connectivity index (χ1v) is 10.8. The summed E-state index contributed by atoms with van der Waals surface area (Å²) in [6.07, 6.45) is 1.96. The summed E-state index contributed by atoms with van der Waals surface area (Å²) in [6.45, 7) is 5.19. The second-order valence-corrected chi connectivity index (χ2v) is 8.35. The number of carboxylic acids is 1. The van der Waals surface area contributed by atoms with Gasteiger partial charge in [-0.15, -0.1) is 0 Å². The Morgan fingerprint density at radius 3 is 2.31 bits per heavy atom. The van der Waals surface area contributed by atoms with Crippen molar-refractivity contribution in [3.05, 3.63) is 82.7 Å². The third-order valence-electron chi connectivity index (χ3n) is 6.28. The Labute approximate surface area is 188 Å². The molecule has 6 heteroatoms. The van der Waals surface area contributed by atoms with Gasteiger partial charge in [-0.2, -0.15) is 0 Å². The predicted molar refractivity (Wildman–Crippen MR) is 123 cm³/mol. The van der Waals surface area contributed by atoms with Crippen molar-refractivity contribution in [1.82, 2.24) is 9.47 Å². The predicted octanol–water partition coefficient (Wildman–Crippen LogP) is 4.82. The minimum atomic E-state index is -1.01. The minimum absolute atomic E-state index is 0.0659. The average Bonchev–Trinajstić information content (AvgIpc) is 3.15. The molecule has 1 aliphatic heterocycles. The maximum atomic E-state index is 13.4. The van der Waals surface area contributed by atoms with Crippen LogP contribution in [0.3, 0.4) is 0 Å². The molecule has 3 aromatic rings. The molecule has 4 rings (SSSR count). The molecule has 1 fully saturated rings. The van der Waals surface area contributed by atoms with Crippen LogP contribution in [0.4, 0.5) is 0 Å². The van der Waals surface area contributed by atoms with Crippen molar-refractivity contribution in [2.75, 3.05) is 20.2 Å². The first-order chi connectivity index (χ1) is 15.4. The highest BCUT2D eigenvalue weighted by Gasteiger charge is 2.27. The highest BCUT2D eigenvalue weighted by Crippen LogP contribution is 2.30. The number of likely N-dealkylation sites (tertiary alicyclic amines) is 1. The number of carboxylic acid groups (broad SMARTS) is 1. The fraction of sp³-hybridized carbons (Fsp3) is 0.308. The fourth-order valence-electron chi connectivity index (χ4n) is 4.57. The smallest absolute Gasteiger partial charge is 0.337 e. The maximum absolute atomic E-state index is 13.4. The minimum Gasteiger partial charge on any atom is -0.497 e. The summed E-state index contributed by atoms with van der Waals surface area (Å²) in [4.78, 5) is 27.1. The second kappa shape index (κ2) is 8.91. The third-order valence-corrected chi connectivity index (χ3v) is 6.28. The van der Waals surface area contributed by atoms with Crippen LogP contribution in [0, 0.1) is 13.8 Å². The van der Waals surface area contributed by atoms with E-state index in [9.17, 15) is 14.7 Å². The van der Waals surface area contributed by atoms with E-state index in [1.807, 2.05) is 47.6 Å². The van der Waals surface area contributed by atoms with Crippen LogP contribution in [0.2, 0.25) is 0 Å². The quantitative estimate of drug-likeness (QED) is 0.627. The summed E-state index contributed by atoms with van der Waals surface area (Å²) < 4.78 is 7.14. The lowest BCUT2D eigenvalue weighted by Gasteiger charge is -2.33. The number of ether oxygens (including phenoxy) is 1. The van der Waals surface area contributed by atoms with Gasteiger partial charge in [0.15, 0.2) is 0 Å². The van der Waals surface area contributed by atoms with Gasteiger partial charge in [0.2, 0.25) is 0 Å². The molecule has 1 atom stereocenters. The number of piperidine rings is 1. The lowest BCUT2D eigenvalue weighted by Crippen LogP contribution is -2.39. The number of hydrogen-bond donors (Lipinski definition) is 1. The van der Waals surface area contributed by atoms with Crippen molar-refractivity contribution in [2.24, 2.45) is 0 Å². The van der Waals surface area contributed by atoms with Gasteiger partial charge in [0.25, 0.3) is 5.91 Å². The summed E-state index contributed by atoms with van der Waals surface area (Å²) in [6, 6.07) is 16.8. The van der Waals surface area contributed by atoms with E-state index in [4.69, 9.17) is 4.74 Å². The zero-order valence-corrected chi connectivity index (χ0v) is 18.7. The molecule has 0 spiro atoms. The van der Waals surface area contributed by atoms with Crippen molar-refractivity contribution < 1.29 is 19.4 Å². The summed E-state index contributed by atoms with van der Waals surface area (Å²) >= 11 is 0. The number of aromatic carboxylic acids is 1. The van der Waals surface area contributed by atoms with Crippen molar-refractivity contribution >= 4 is 11.9 Å². The molecule has 0 aliphatic carbocycles. The van der Waals surface area contributed by atoms with Gasteiger partial charge in [-0.25, -0.2) is 4.79 Å². The maximum Gasteiger partial charge on any atom is 0.337 e. The van der Waals surface area contributed by atoms with E-state index in [1.54, 1.807) is 19.2 Å². The van der Waals surface area contributed by atoms with Gasteiger partial charge < -0.3 is 19.3 Å². The van der Waals surface area contributed by atoms with Gasteiger partial charge in [-0.05, 0) is 74.7 Å². The molecule has 1 aromatic heterocycles. The molecule has 1 aliphatic rings. The van der Waals surface area contributed by atoms with Crippen LogP contribution < -0.4 is 4.74 Å². The topological polar surface area (TPSA) is 71.8 Å². The van der Waals surface area contributed by atoms with Crippen LogP contribution in [0.1, 0.15) is 56.4 Å². The van der Waals surface area contributed by atoms with Gasteiger partial charge in [0.05, 0.1) is 18.4 Å². The SMILES string of the molecule is COc1ccc(C2CCCN(C(=O)c3ccc(C(=O)O)c(-n4c(C)ccc4C)c3)C2)cc1. The Morgan fingerprint density at radius 2 is 1.69 bits per heavy atom. The Morgan fingerprint density at radius 1 is 1.00 bits per heavy atom. The van der Waals surface area contributed by atoms with Crippen LogP contribution in [0.25, 0.3) is 5.69 Å². The van der Waals surface area contributed by atoms with E-state index in [1.165, 1.54) is 11.6 Å². The summed E-state index contributed by atoms with van der Waals surface area (Å²) in [5.41, 5.74) is 4.25. The highest BCUT2D eigenvalue weighted by molar-refractivity contribution is 5.98. The number of carbonyl (C=O) groups excluding carboxylic acids is 1. The number of aryl methyl sites for hydroxylation is 2. The van der Waals surface area contributed by atoms with E-state index in [-0.39, 0.29) is 17.4 Å². The number of rotatable bonds is 5. The summed E-state index contributed by atoms with van der Waals surface area (Å²) in [5, 5.41) is 9.71. The van der Waals surface area contributed by atoms with E-state index >= 15 is 0 Å². The van der Waals surface area contributed by atoms with Gasteiger partial charge >= 0.3 is 5.97 Å². The molecule has 2 aromatic carbocycles. The number of nitrogens with zero attached hydrogens (tertiary/aromatic N) is 2. The van der Waals surface area contributed by atoms with Crippen LogP contribution >= 0.6 is 0 Å². The molecule has 166 valence electrons. The summed E-state index contributed by atoms with van der Waals surface area (Å²) in [7, 11) is 1.65. The van der Waals surface area contributed by atoms with Crippen molar-refractivity contribution in [3.63, 3.8) is 0 Å². The molecule has 1 saturated heterocycles. The van der Waals surface area contributed by atoms with E-state index in [2.05, 4.69) is 12.1 Å². The van der Waals surface area contributed by atoms with Gasteiger partial charge in [0.1, 0.15) is 5.75 Å². The largest absolute Gasteiger partial charge is 0.497 e. The Bertz CT molecular complexity index is 1130. The number of carbonyl (C=O) groups is 2. The number of hydrogen-bond acceptors (Lipinski definition) is 3. The molecule has 0 saturated carbocycles. The lowest BCUT2D eigenvalue weighted by molar-refractivity contribution is 0.0687. The summed E-state index contributed by atoms with van der Waals surface area (Å²) in [5.74, 6) is 0.0114. The number of benzene rings is 2. The Hall–Kier alpha value is -3.54. The van der Waals surface area contributed by atoms with E-state index in [0.717, 1.165) is 30.0 Å². The first kappa shape index (κ1) is 21.7. The van der Waals surface area contributed by atoms with Crippen LogP contribution in [0.15, 0.2) is 54.6 Å². The molecule has 6 nitrogen and oxygen atoms in total. The molecule has 1 N–H and O–H groups in total. The van der Waals surface area contributed by atoms with E-state index in [0.29, 0.717) is 24.3 Å². The molecule has 1 unspecified atom stereocenters. The standard InChI is InChI=1S/C26H28N2O4/c1-17-6-7-18(2)28(17)24-15-20(10-13-23(24)26(30)31)25(29)27-14-4-5-21(16-27)19-8-11-22(32-3)12-9-19/h6-13,15,21H,4-5,14,16H2,1-3H3,(H,30,31). The van der Waals surface area contributed by atoms with Crippen LogP contribution in [-0.4, -0.2) is 46.6 Å².